The van der Waals surface area contributed by atoms with Crippen molar-refractivity contribution in [3.63, 3.8) is 0 Å². The molecule has 3 heterocycles. The minimum Gasteiger partial charge on any atom is -0.372 e. The number of aromatic nitrogens is 1. The number of pyridine rings is 1. The Labute approximate surface area is 177 Å². The Balaban J connectivity index is 1.34. The number of carbonyl (C=O) groups excluding carboxylic acids is 1. The zero-order valence-corrected chi connectivity index (χ0v) is 17.3. The van der Waals surface area contributed by atoms with Crippen molar-refractivity contribution < 1.29 is 4.79 Å². The van der Waals surface area contributed by atoms with Crippen LogP contribution in [0.5, 0.6) is 0 Å². The van der Waals surface area contributed by atoms with Gasteiger partial charge in [0.1, 0.15) is 5.82 Å². The topological polar surface area (TPSA) is 48.5 Å². The van der Waals surface area contributed by atoms with Crippen LogP contribution in [-0.2, 0) is 6.54 Å². The largest absolute Gasteiger partial charge is 0.372 e. The van der Waals surface area contributed by atoms with Crippen LogP contribution in [0.15, 0.2) is 54.6 Å². The van der Waals surface area contributed by atoms with Gasteiger partial charge in [-0.25, -0.2) is 4.98 Å². The number of amides is 1. The average molecular weight is 401 g/mol. The van der Waals surface area contributed by atoms with Crippen molar-refractivity contribution in [3.05, 3.63) is 65.7 Å². The van der Waals surface area contributed by atoms with Crippen molar-refractivity contribution in [2.75, 3.05) is 36.0 Å². The minimum absolute atomic E-state index is 0.0567. The SMILES string of the molecule is O=C(NCc1ccc(N2CCCC2)cc1)c1cc2ccccc2nc1N1CCCC1. The monoisotopic (exact) mass is 400 g/mol. The van der Waals surface area contributed by atoms with Gasteiger partial charge in [0.2, 0.25) is 0 Å². The molecule has 0 unspecified atom stereocenters. The molecule has 2 aromatic carbocycles. The van der Waals surface area contributed by atoms with Crippen molar-refractivity contribution >= 4 is 28.3 Å². The van der Waals surface area contributed by atoms with Gasteiger partial charge in [-0.3, -0.25) is 4.79 Å². The molecule has 3 aromatic rings. The first kappa shape index (κ1) is 18.9. The van der Waals surface area contributed by atoms with Crippen LogP contribution < -0.4 is 15.1 Å². The lowest BCUT2D eigenvalue weighted by Crippen LogP contribution is -2.28. The molecule has 1 N–H and O–H groups in total. The Hall–Kier alpha value is -3.08. The molecule has 0 bridgehead atoms. The number of anilines is 2. The quantitative estimate of drug-likeness (QED) is 0.691. The number of hydrogen-bond acceptors (Lipinski definition) is 4. The van der Waals surface area contributed by atoms with Gasteiger partial charge in [0, 0.05) is 43.8 Å². The van der Waals surface area contributed by atoms with Crippen LogP contribution in [0, 0.1) is 0 Å². The first-order valence-corrected chi connectivity index (χ1v) is 11.0. The fraction of sp³-hybridized carbons (Fsp3) is 0.360. The molecular formula is C25H28N4O. The molecular weight excluding hydrogens is 372 g/mol. The lowest BCUT2D eigenvalue weighted by atomic mass is 10.1. The van der Waals surface area contributed by atoms with E-state index in [9.17, 15) is 4.79 Å². The fourth-order valence-corrected chi connectivity index (χ4v) is 4.52. The second-order valence-corrected chi connectivity index (χ2v) is 8.29. The van der Waals surface area contributed by atoms with Crippen molar-refractivity contribution in [2.24, 2.45) is 0 Å². The lowest BCUT2D eigenvalue weighted by molar-refractivity contribution is 0.0951. The predicted octanol–water partition coefficient (Wildman–Crippen LogP) is 4.37. The van der Waals surface area contributed by atoms with Crippen molar-refractivity contribution in [1.82, 2.24) is 10.3 Å². The average Bonchev–Trinajstić information content (AvgIpc) is 3.51. The van der Waals surface area contributed by atoms with E-state index in [1.807, 2.05) is 30.3 Å². The van der Waals surface area contributed by atoms with Crippen LogP contribution in [0.25, 0.3) is 10.9 Å². The van der Waals surface area contributed by atoms with E-state index in [1.54, 1.807) is 0 Å². The van der Waals surface area contributed by atoms with Crippen LogP contribution in [0.1, 0.15) is 41.6 Å². The standard InChI is InChI=1S/C25H28N4O/c30-25(26-18-19-9-11-21(12-10-19)28-13-3-4-14-28)22-17-20-7-1-2-8-23(20)27-24(22)29-15-5-6-16-29/h1-2,7-12,17H,3-6,13-16,18H2,(H,26,30). The molecule has 1 amide bonds. The molecule has 2 fully saturated rings. The van der Waals surface area contributed by atoms with E-state index in [1.165, 1.54) is 18.5 Å². The van der Waals surface area contributed by atoms with Gasteiger partial charge in [-0.2, -0.15) is 0 Å². The third-order valence-corrected chi connectivity index (χ3v) is 6.21. The molecule has 30 heavy (non-hydrogen) atoms. The highest BCUT2D eigenvalue weighted by Gasteiger charge is 2.22. The Morgan fingerprint density at radius 2 is 1.53 bits per heavy atom. The summed E-state index contributed by atoms with van der Waals surface area (Å²) in [5, 5.41) is 4.11. The van der Waals surface area contributed by atoms with E-state index in [2.05, 4.69) is 39.4 Å². The second kappa shape index (κ2) is 8.34. The molecule has 5 heteroatoms. The van der Waals surface area contributed by atoms with E-state index >= 15 is 0 Å². The van der Waals surface area contributed by atoms with Crippen LogP contribution >= 0.6 is 0 Å². The zero-order valence-electron chi connectivity index (χ0n) is 17.3. The Morgan fingerprint density at radius 1 is 0.867 bits per heavy atom. The fourth-order valence-electron chi connectivity index (χ4n) is 4.52. The van der Waals surface area contributed by atoms with Gasteiger partial charge in [0.05, 0.1) is 11.1 Å². The summed E-state index contributed by atoms with van der Waals surface area (Å²) >= 11 is 0. The van der Waals surface area contributed by atoms with Gasteiger partial charge < -0.3 is 15.1 Å². The Bertz CT molecular complexity index is 1030. The number of para-hydroxylation sites is 1. The third-order valence-electron chi connectivity index (χ3n) is 6.21. The summed E-state index contributed by atoms with van der Waals surface area (Å²) in [4.78, 5) is 22.6. The van der Waals surface area contributed by atoms with Gasteiger partial charge in [0.15, 0.2) is 0 Å². The summed E-state index contributed by atoms with van der Waals surface area (Å²) in [6.07, 6.45) is 4.85. The first-order chi connectivity index (χ1) is 14.8. The Kier molecular flexibility index (Phi) is 5.26. The van der Waals surface area contributed by atoms with Crippen LogP contribution in [0.3, 0.4) is 0 Å². The van der Waals surface area contributed by atoms with Gasteiger partial charge >= 0.3 is 0 Å². The summed E-state index contributed by atoms with van der Waals surface area (Å²) < 4.78 is 0. The number of carbonyl (C=O) groups is 1. The molecule has 5 nitrogen and oxygen atoms in total. The number of benzene rings is 2. The van der Waals surface area contributed by atoms with Crippen LogP contribution in [-0.4, -0.2) is 37.1 Å². The highest BCUT2D eigenvalue weighted by Crippen LogP contribution is 2.27. The summed E-state index contributed by atoms with van der Waals surface area (Å²) in [6.45, 7) is 4.73. The Morgan fingerprint density at radius 3 is 2.27 bits per heavy atom. The second-order valence-electron chi connectivity index (χ2n) is 8.29. The highest BCUT2D eigenvalue weighted by molar-refractivity contribution is 6.02. The van der Waals surface area contributed by atoms with Crippen molar-refractivity contribution in [3.8, 4) is 0 Å². The van der Waals surface area contributed by atoms with E-state index in [4.69, 9.17) is 4.98 Å². The van der Waals surface area contributed by atoms with Crippen LogP contribution in [0.4, 0.5) is 11.5 Å². The molecule has 0 saturated carbocycles. The molecule has 0 spiro atoms. The summed E-state index contributed by atoms with van der Waals surface area (Å²) in [5.74, 6) is 0.756. The van der Waals surface area contributed by atoms with Crippen molar-refractivity contribution in [2.45, 2.75) is 32.2 Å². The smallest absolute Gasteiger partial charge is 0.255 e. The predicted molar refractivity (Wildman–Crippen MR) is 122 cm³/mol. The van der Waals surface area contributed by atoms with Gasteiger partial charge in [-0.05, 0) is 55.5 Å². The summed E-state index contributed by atoms with van der Waals surface area (Å²) in [7, 11) is 0. The first-order valence-electron chi connectivity index (χ1n) is 11.0. The third kappa shape index (κ3) is 3.84. The normalized spacial score (nSPS) is 16.4. The number of rotatable bonds is 5. The molecule has 154 valence electrons. The molecule has 0 atom stereocenters. The zero-order chi connectivity index (χ0) is 20.3. The molecule has 2 aliphatic rings. The molecule has 0 radical (unpaired) electrons. The maximum absolute atomic E-state index is 13.1. The van der Waals surface area contributed by atoms with E-state index in [-0.39, 0.29) is 5.91 Å². The molecule has 2 saturated heterocycles. The molecule has 1 aromatic heterocycles. The minimum atomic E-state index is -0.0567. The number of nitrogens with one attached hydrogen (secondary N) is 1. The van der Waals surface area contributed by atoms with E-state index < -0.39 is 0 Å². The van der Waals surface area contributed by atoms with E-state index in [0.29, 0.717) is 12.1 Å². The van der Waals surface area contributed by atoms with Gasteiger partial charge in [-0.1, -0.05) is 30.3 Å². The summed E-state index contributed by atoms with van der Waals surface area (Å²) in [5.41, 5.74) is 4.00. The molecule has 2 aliphatic heterocycles. The molecule has 5 rings (SSSR count). The highest BCUT2D eigenvalue weighted by atomic mass is 16.1. The van der Waals surface area contributed by atoms with Crippen molar-refractivity contribution in [1.29, 1.82) is 0 Å². The van der Waals surface area contributed by atoms with Gasteiger partial charge in [0.25, 0.3) is 5.91 Å². The van der Waals surface area contributed by atoms with Gasteiger partial charge in [-0.15, -0.1) is 0 Å². The number of hydrogen-bond donors (Lipinski definition) is 1. The molecule has 0 aliphatic carbocycles. The number of fused-ring (bicyclic) bond motifs is 1. The maximum atomic E-state index is 13.1. The lowest BCUT2D eigenvalue weighted by Gasteiger charge is -2.20. The van der Waals surface area contributed by atoms with Crippen LogP contribution in [0.2, 0.25) is 0 Å². The maximum Gasteiger partial charge on any atom is 0.255 e. The number of nitrogens with zero attached hydrogens (tertiary/aromatic N) is 3. The summed E-state index contributed by atoms with van der Waals surface area (Å²) in [6, 6.07) is 18.6. The van der Waals surface area contributed by atoms with E-state index in [0.717, 1.165) is 61.3 Å².